The summed E-state index contributed by atoms with van der Waals surface area (Å²) in [6.07, 6.45) is 2.85. The van der Waals surface area contributed by atoms with Gasteiger partial charge in [-0.1, -0.05) is 6.42 Å². The van der Waals surface area contributed by atoms with Crippen molar-refractivity contribution in [2.75, 3.05) is 25.0 Å². The Bertz CT molecular complexity index is 896. The van der Waals surface area contributed by atoms with Gasteiger partial charge in [0, 0.05) is 19.0 Å². The lowest BCUT2D eigenvalue weighted by Crippen LogP contribution is -2.42. The number of nitrogens with one attached hydrogen (secondary N) is 2. The monoisotopic (exact) mass is 395 g/mol. The molecule has 3 rings (SSSR count). The molecular formula is C17H21N3O6S. The third-order valence-electron chi connectivity index (χ3n) is 4.45. The van der Waals surface area contributed by atoms with E-state index in [0.29, 0.717) is 24.2 Å². The normalized spacial score (nSPS) is 17.4. The molecule has 1 saturated heterocycles. The molecule has 0 aromatic heterocycles. The smallest absolute Gasteiger partial charge is 0.264 e. The predicted octanol–water partition coefficient (Wildman–Crippen LogP) is 0.533. The van der Waals surface area contributed by atoms with Crippen molar-refractivity contribution < 1.29 is 27.5 Å². The van der Waals surface area contributed by atoms with Gasteiger partial charge in [-0.05, 0) is 31.4 Å². The maximum atomic E-state index is 12.6. The molecule has 146 valence electrons. The van der Waals surface area contributed by atoms with Gasteiger partial charge in [-0.25, -0.2) is 13.1 Å². The molecule has 2 aliphatic rings. The summed E-state index contributed by atoms with van der Waals surface area (Å²) in [5.74, 6) is -1.02. The third kappa shape index (κ3) is 4.38. The molecule has 1 aromatic carbocycles. The summed E-state index contributed by atoms with van der Waals surface area (Å²) in [6, 6.07) is 2.75. The van der Waals surface area contributed by atoms with E-state index in [2.05, 4.69) is 5.32 Å². The number of benzene rings is 1. The number of hydrogen-bond acceptors (Lipinski definition) is 6. The average Bonchev–Trinajstić information content (AvgIpc) is 2.78. The van der Waals surface area contributed by atoms with Crippen molar-refractivity contribution in [2.45, 2.75) is 37.5 Å². The van der Waals surface area contributed by atoms with Crippen LogP contribution in [0.3, 0.4) is 0 Å². The molecule has 2 N–H and O–H groups in total. The Labute approximate surface area is 157 Å². The number of amides is 3. The van der Waals surface area contributed by atoms with E-state index in [9.17, 15) is 22.8 Å². The number of aryl methyl sites for hydroxylation is 1. The molecule has 0 aliphatic carbocycles. The zero-order chi connectivity index (χ0) is 19.6. The molecule has 0 radical (unpaired) electrons. The van der Waals surface area contributed by atoms with Crippen LogP contribution in [0.5, 0.6) is 5.75 Å². The number of sulfonamides is 1. The van der Waals surface area contributed by atoms with Crippen LogP contribution in [0, 0.1) is 6.92 Å². The number of carbonyl (C=O) groups excluding carboxylic acids is 3. The lowest BCUT2D eigenvalue weighted by molar-refractivity contribution is -0.135. The molecule has 3 amide bonds. The minimum absolute atomic E-state index is 0.118. The van der Waals surface area contributed by atoms with Gasteiger partial charge in [0.25, 0.3) is 21.8 Å². The highest BCUT2D eigenvalue weighted by atomic mass is 32.2. The lowest BCUT2D eigenvalue weighted by atomic mass is 10.2. The van der Waals surface area contributed by atoms with Gasteiger partial charge >= 0.3 is 0 Å². The minimum Gasteiger partial charge on any atom is -0.482 e. The fraction of sp³-hybridized carbons (Fsp3) is 0.471. The van der Waals surface area contributed by atoms with Gasteiger partial charge in [0.15, 0.2) is 6.61 Å². The molecule has 9 nitrogen and oxygen atoms in total. The molecule has 1 aromatic rings. The highest BCUT2D eigenvalue weighted by Gasteiger charge is 2.26. The molecule has 0 unspecified atom stereocenters. The first-order chi connectivity index (χ1) is 12.8. The molecule has 0 atom stereocenters. The van der Waals surface area contributed by atoms with Gasteiger partial charge < -0.3 is 15.0 Å². The highest BCUT2D eigenvalue weighted by Crippen LogP contribution is 2.32. The van der Waals surface area contributed by atoms with Crippen molar-refractivity contribution >= 4 is 33.4 Å². The summed E-state index contributed by atoms with van der Waals surface area (Å²) in [4.78, 5) is 36.8. The summed E-state index contributed by atoms with van der Waals surface area (Å²) in [5.41, 5.74) is 0.731. The number of fused-ring (bicyclic) bond motifs is 1. The van der Waals surface area contributed by atoms with Gasteiger partial charge in [-0.15, -0.1) is 0 Å². The SMILES string of the molecule is Cc1cc2c(cc1S(=O)(=O)NC(=O)CN1CCCCCC1=O)OCC(=O)N2. The molecule has 0 spiro atoms. The van der Waals surface area contributed by atoms with E-state index in [1.807, 2.05) is 4.72 Å². The molecule has 27 heavy (non-hydrogen) atoms. The second kappa shape index (κ2) is 7.55. The van der Waals surface area contributed by atoms with Crippen LogP contribution in [0.4, 0.5) is 5.69 Å². The van der Waals surface area contributed by atoms with Gasteiger partial charge in [0.1, 0.15) is 12.3 Å². The summed E-state index contributed by atoms with van der Waals surface area (Å²) in [5, 5.41) is 2.59. The maximum absolute atomic E-state index is 12.6. The Kier molecular flexibility index (Phi) is 5.36. The molecule has 1 fully saturated rings. The fourth-order valence-electron chi connectivity index (χ4n) is 3.12. The van der Waals surface area contributed by atoms with Crippen LogP contribution in [-0.4, -0.2) is 50.7 Å². The Hall–Kier alpha value is -2.62. The largest absolute Gasteiger partial charge is 0.482 e. The van der Waals surface area contributed by atoms with E-state index in [1.54, 1.807) is 6.92 Å². The van der Waals surface area contributed by atoms with Crippen molar-refractivity contribution in [3.8, 4) is 5.75 Å². The molecular weight excluding hydrogens is 374 g/mol. The maximum Gasteiger partial charge on any atom is 0.264 e. The first-order valence-corrected chi connectivity index (χ1v) is 10.2. The average molecular weight is 395 g/mol. The second-order valence-corrected chi connectivity index (χ2v) is 8.26. The Morgan fingerprint density at radius 2 is 2.04 bits per heavy atom. The van der Waals surface area contributed by atoms with Gasteiger partial charge in [-0.3, -0.25) is 14.4 Å². The third-order valence-corrected chi connectivity index (χ3v) is 5.97. The Balaban J connectivity index is 1.75. The van der Waals surface area contributed by atoms with E-state index < -0.39 is 15.9 Å². The zero-order valence-corrected chi connectivity index (χ0v) is 15.7. The Morgan fingerprint density at radius 1 is 1.26 bits per heavy atom. The van der Waals surface area contributed by atoms with Crippen LogP contribution in [0.1, 0.15) is 31.2 Å². The topological polar surface area (TPSA) is 122 Å². The van der Waals surface area contributed by atoms with E-state index in [-0.39, 0.29) is 35.6 Å². The van der Waals surface area contributed by atoms with Crippen LogP contribution in [0.25, 0.3) is 0 Å². The first kappa shape index (κ1) is 19.2. The van der Waals surface area contributed by atoms with E-state index in [4.69, 9.17) is 4.74 Å². The van der Waals surface area contributed by atoms with Gasteiger partial charge in [0.2, 0.25) is 5.91 Å². The van der Waals surface area contributed by atoms with Crippen molar-refractivity contribution in [1.82, 2.24) is 9.62 Å². The predicted molar refractivity (Wildman–Crippen MR) is 95.7 cm³/mol. The standard InChI is InChI=1S/C17H21N3O6S/c1-11-7-12-13(26-10-16(22)18-12)8-14(11)27(24,25)19-15(21)9-20-6-4-2-3-5-17(20)23/h7-8H,2-6,9-10H2,1H3,(H,18,22)(H,19,21). The van der Waals surface area contributed by atoms with Crippen LogP contribution >= 0.6 is 0 Å². The zero-order valence-electron chi connectivity index (χ0n) is 14.9. The Morgan fingerprint density at radius 3 is 2.81 bits per heavy atom. The van der Waals surface area contributed by atoms with Gasteiger partial charge in [-0.2, -0.15) is 0 Å². The van der Waals surface area contributed by atoms with Crippen molar-refractivity contribution in [3.63, 3.8) is 0 Å². The highest BCUT2D eigenvalue weighted by molar-refractivity contribution is 7.90. The second-order valence-electron chi connectivity index (χ2n) is 6.61. The molecule has 0 saturated carbocycles. The molecule has 2 aliphatic heterocycles. The number of carbonyl (C=O) groups is 3. The van der Waals surface area contributed by atoms with Crippen LogP contribution in [-0.2, 0) is 24.4 Å². The number of likely N-dealkylation sites (tertiary alicyclic amines) is 1. The quantitative estimate of drug-likeness (QED) is 0.767. The fourth-order valence-corrected chi connectivity index (χ4v) is 4.34. The summed E-state index contributed by atoms with van der Waals surface area (Å²) in [6.45, 7) is 1.49. The molecule has 0 bridgehead atoms. The summed E-state index contributed by atoms with van der Waals surface area (Å²) < 4.78 is 32.5. The van der Waals surface area contributed by atoms with Crippen molar-refractivity contribution in [2.24, 2.45) is 0 Å². The van der Waals surface area contributed by atoms with E-state index >= 15 is 0 Å². The number of hydrogen-bond donors (Lipinski definition) is 2. The summed E-state index contributed by atoms with van der Waals surface area (Å²) >= 11 is 0. The minimum atomic E-state index is -4.14. The van der Waals surface area contributed by atoms with E-state index in [1.165, 1.54) is 17.0 Å². The van der Waals surface area contributed by atoms with Crippen LogP contribution in [0.15, 0.2) is 17.0 Å². The summed E-state index contributed by atoms with van der Waals surface area (Å²) in [7, 11) is -4.14. The van der Waals surface area contributed by atoms with Crippen molar-refractivity contribution in [1.29, 1.82) is 0 Å². The number of anilines is 1. The van der Waals surface area contributed by atoms with Crippen LogP contribution in [0.2, 0.25) is 0 Å². The van der Waals surface area contributed by atoms with Crippen LogP contribution < -0.4 is 14.8 Å². The van der Waals surface area contributed by atoms with Crippen molar-refractivity contribution in [3.05, 3.63) is 17.7 Å². The molecule has 10 heteroatoms. The number of nitrogens with zero attached hydrogens (tertiary/aromatic N) is 1. The van der Waals surface area contributed by atoms with Gasteiger partial charge in [0.05, 0.1) is 10.6 Å². The first-order valence-electron chi connectivity index (χ1n) is 8.67. The lowest BCUT2D eigenvalue weighted by Gasteiger charge is -2.21. The number of rotatable bonds is 4. The molecule has 2 heterocycles. The van der Waals surface area contributed by atoms with E-state index in [0.717, 1.165) is 19.3 Å². The number of ether oxygens (including phenoxy) is 1.